The molecule has 0 spiro atoms. The van der Waals surface area contributed by atoms with Crippen molar-refractivity contribution in [1.82, 2.24) is 5.32 Å². The van der Waals surface area contributed by atoms with Crippen LogP contribution in [0, 0.1) is 6.92 Å². The number of hydrogen-bond acceptors (Lipinski definition) is 2. The summed E-state index contributed by atoms with van der Waals surface area (Å²) in [5, 5.41) is 6.74. The fraction of sp³-hybridized carbons (Fsp3) is 0.231. The minimum Gasteiger partial charge on any atom is -0.309 e. The summed E-state index contributed by atoms with van der Waals surface area (Å²) >= 11 is 13.8. The molecule has 0 aliphatic carbocycles. The highest BCUT2D eigenvalue weighted by Crippen LogP contribution is 2.31. The van der Waals surface area contributed by atoms with Crippen LogP contribution < -0.4 is 5.32 Å². The molecule has 90 valence electrons. The van der Waals surface area contributed by atoms with Gasteiger partial charge in [0, 0.05) is 14.9 Å². The van der Waals surface area contributed by atoms with Crippen LogP contribution in [0.2, 0.25) is 10.0 Å². The molecule has 0 saturated heterocycles. The van der Waals surface area contributed by atoms with Crippen molar-refractivity contribution in [2.24, 2.45) is 0 Å². The molecule has 2 aromatic rings. The summed E-state index contributed by atoms with van der Waals surface area (Å²) in [6.45, 7) is 2.12. The van der Waals surface area contributed by atoms with E-state index >= 15 is 0 Å². The Kier molecular flexibility index (Phi) is 4.10. The predicted octanol–water partition coefficient (Wildman–Crippen LogP) is 4.67. The number of benzene rings is 1. The van der Waals surface area contributed by atoms with Gasteiger partial charge in [-0.15, -0.1) is 11.3 Å². The lowest BCUT2D eigenvalue weighted by molar-refractivity contribution is 0.691. The van der Waals surface area contributed by atoms with Crippen molar-refractivity contribution in [3.63, 3.8) is 0 Å². The normalized spacial score (nSPS) is 12.7. The zero-order valence-electron chi connectivity index (χ0n) is 9.63. The Labute approximate surface area is 115 Å². The summed E-state index contributed by atoms with van der Waals surface area (Å²) in [4.78, 5) is 1.31. The molecular weight excluding hydrogens is 273 g/mol. The van der Waals surface area contributed by atoms with Gasteiger partial charge in [0.2, 0.25) is 0 Å². The molecule has 1 N–H and O–H groups in total. The van der Waals surface area contributed by atoms with Crippen LogP contribution in [0.1, 0.15) is 22.0 Å². The molecule has 0 bridgehead atoms. The topological polar surface area (TPSA) is 12.0 Å². The lowest BCUT2D eigenvalue weighted by atomic mass is 10.00. The highest BCUT2D eigenvalue weighted by molar-refractivity contribution is 7.10. The van der Waals surface area contributed by atoms with Crippen LogP contribution in [0.3, 0.4) is 0 Å². The minimum atomic E-state index is 0.137. The summed E-state index contributed by atoms with van der Waals surface area (Å²) in [6, 6.07) is 7.92. The van der Waals surface area contributed by atoms with E-state index in [4.69, 9.17) is 23.2 Å². The Morgan fingerprint density at radius 2 is 1.82 bits per heavy atom. The Morgan fingerprint density at radius 1 is 1.18 bits per heavy atom. The van der Waals surface area contributed by atoms with E-state index in [0.717, 1.165) is 5.56 Å². The standard InChI is InChI=1S/C13H13Cl2NS/c1-8-12(3-4-17-8)13(16-2)9-5-10(14)7-11(15)6-9/h3-7,13,16H,1-2H3. The van der Waals surface area contributed by atoms with Crippen LogP contribution in [-0.4, -0.2) is 7.05 Å². The molecule has 2 rings (SSSR count). The largest absolute Gasteiger partial charge is 0.309 e. The lowest BCUT2D eigenvalue weighted by Gasteiger charge is -2.17. The van der Waals surface area contributed by atoms with E-state index in [0.29, 0.717) is 10.0 Å². The maximum Gasteiger partial charge on any atom is 0.0586 e. The number of halogens is 2. The van der Waals surface area contributed by atoms with Crippen LogP contribution in [0.25, 0.3) is 0 Å². The van der Waals surface area contributed by atoms with Gasteiger partial charge in [-0.2, -0.15) is 0 Å². The van der Waals surface area contributed by atoms with Crippen molar-refractivity contribution in [1.29, 1.82) is 0 Å². The first-order valence-corrected chi connectivity index (χ1v) is 6.92. The molecule has 1 aromatic heterocycles. The highest BCUT2D eigenvalue weighted by atomic mass is 35.5. The van der Waals surface area contributed by atoms with Gasteiger partial charge in [0.15, 0.2) is 0 Å². The minimum absolute atomic E-state index is 0.137. The zero-order chi connectivity index (χ0) is 12.4. The third-order valence-corrected chi connectivity index (χ3v) is 4.01. The van der Waals surface area contributed by atoms with E-state index in [1.807, 2.05) is 19.2 Å². The van der Waals surface area contributed by atoms with Crippen LogP contribution in [0.4, 0.5) is 0 Å². The number of aryl methyl sites for hydroxylation is 1. The van der Waals surface area contributed by atoms with E-state index in [2.05, 4.69) is 23.7 Å². The van der Waals surface area contributed by atoms with E-state index in [1.54, 1.807) is 17.4 Å². The molecule has 1 nitrogen and oxygen atoms in total. The van der Waals surface area contributed by atoms with Gasteiger partial charge in [-0.1, -0.05) is 23.2 Å². The monoisotopic (exact) mass is 285 g/mol. The summed E-state index contributed by atoms with van der Waals surface area (Å²) in [5.41, 5.74) is 2.36. The maximum atomic E-state index is 6.04. The second kappa shape index (κ2) is 5.40. The lowest BCUT2D eigenvalue weighted by Crippen LogP contribution is -2.17. The van der Waals surface area contributed by atoms with Gasteiger partial charge < -0.3 is 5.32 Å². The van der Waals surface area contributed by atoms with Gasteiger partial charge in [-0.05, 0) is 54.7 Å². The Bertz CT molecular complexity index is 502. The smallest absolute Gasteiger partial charge is 0.0586 e. The summed E-state index contributed by atoms with van der Waals surface area (Å²) in [5.74, 6) is 0. The molecule has 0 saturated carbocycles. The molecule has 1 unspecified atom stereocenters. The van der Waals surface area contributed by atoms with Crippen LogP contribution in [0.15, 0.2) is 29.6 Å². The number of nitrogens with one attached hydrogen (secondary N) is 1. The Hall–Kier alpha value is -0.540. The molecule has 0 fully saturated rings. The molecule has 0 radical (unpaired) electrons. The fourth-order valence-electron chi connectivity index (χ4n) is 1.94. The molecule has 0 aliphatic heterocycles. The molecule has 17 heavy (non-hydrogen) atoms. The zero-order valence-corrected chi connectivity index (χ0v) is 12.0. The van der Waals surface area contributed by atoms with Crippen LogP contribution in [0.5, 0.6) is 0 Å². The molecule has 0 amide bonds. The van der Waals surface area contributed by atoms with Crippen molar-refractivity contribution in [3.05, 3.63) is 55.7 Å². The van der Waals surface area contributed by atoms with Gasteiger partial charge in [0.1, 0.15) is 0 Å². The first kappa shape index (κ1) is 12.9. The van der Waals surface area contributed by atoms with Gasteiger partial charge in [0.05, 0.1) is 6.04 Å². The van der Waals surface area contributed by atoms with E-state index in [-0.39, 0.29) is 6.04 Å². The van der Waals surface area contributed by atoms with Crippen molar-refractivity contribution in [2.75, 3.05) is 7.05 Å². The van der Waals surface area contributed by atoms with Crippen molar-refractivity contribution < 1.29 is 0 Å². The molecule has 0 aliphatic rings. The van der Waals surface area contributed by atoms with Crippen molar-refractivity contribution >= 4 is 34.5 Å². The second-order valence-corrected chi connectivity index (χ2v) is 5.85. The van der Waals surface area contributed by atoms with Crippen LogP contribution in [-0.2, 0) is 0 Å². The molecule has 1 aromatic carbocycles. The van der Waals surface area contributed by atoms with Crippen molar-refractivity contribution in [2.45, 2.75) is 13.0 Å². The van der Waals surface area contributed by atoms with Gasteiger partial charge in [-0.3, -0.25) is 0 Å². The first-order valence-electron chi connectivity index (χ1n) is 5.29. The van der Waals surface area contributed by atoms with E-state index in [1.165, 1.54) is 10.4 Å². The molecule has 1 heterocycles. The predicted molar refractivity (Wildman–Crippen MR) is 76.4 cm³/mol. The molecule has 1 atom stereocenters. The van der Waals surface area contributed by atoms with Gasteiger partial charge in [0.25, 0.3) is 0 Å². The fourth-order valence-corrected chi connectivity index (χ4v) is 3.22. The summed E-state index contributed by atoms with van der Waals surface area (Å²) in [7, 11) is 1.94. The van der Waals surface area contributed by atoms with Gasteiger partial charge >= 0.3 is 0 Å². The van der Waals surface area contributed by atoms with Crippen LogP contribution >= 0.6 is 34.5 Å². The third kappa shape index (κ3) is 2.83. The average Bonchev–Trinajstić information content (AvgIpc) is 2.65. The first-order chi connectivity index (χ1) is 8.11. The number of thiophene rings is 1. The highest BCUT2D eigenvalue weighted by Gasteiger charge is 2.15. The Balaban J connectivity index is 2.45. The van der Waals surface area contributed by atoms with E-state index in [9.17, 15) is 0 Å². The average molecular weight is 286 g/mol. The van der Waals surface area contributed by atoms with Crippen molar-refractivity contribution in [3.8, 4) is 0 Å². The number of hydrogen-bond donors (Lipinski definition) is 1. The van der Waals surface area contributed by atoms with Gasteiger partial charge in [-0.25, -0.2) is 0 Å². The summed E-state index contributed by atoms with van der Waals surface area (Å²) < 4.78 is 0. The molecular formula is C13H13Cl2NS. The summed E-state index contributed by atoms with van der Waals surface area (Å²) in [6.07, 6.45) is 0. The van der Waals surface area contributed by atoms with E-state index < -0.39 is 0 Å². The molecule has 4 heteroatoms. The Morgan fingerprint density at radius 3 is 2.29 bits per heavy atom. The number of rotatable bonds is 3. The third-order valence-electron chi connectivity index (χ3n) is 2.72. The quantitative estimate of drug-likeness (QED) is 0.864. The maximum absolute atomic E-state index is 6.04. The SMILES string of the molecule is CNC(c1cc(Cl)cc(Cl)c1)c1ccsc1C. The second-order valence-electron chi connectivity index (χ2n) is 3.86.